The van der Waals surface area contributed by atoms with E-state index < -0.39 is 0 Å². The molecule has 0 aliphatic rings. The van der Waals surface area contributed by atoms with Crippen molar-refractivity contribution in [2.24, 2.45) is 5.92 Å². The molecule has 0 spiro atoms. The Labute approximate surface area is 168 Å². The fourth-order valence-corrected chi connectivity index (χ4v) is 1.71. The van der Waals surface area contributed by atoms with Crippen LogP contribution in [0.25, 0.3) is 0 Å². The molecule has 0 unspecified atom stereocenters. The van der Waals surface area contributed by atoms with Crippen molar-refractivity contribution in [2.75, 3.05) is 99.6 Å². The first-order chi connectivity index (χ1) is 13.7. The van der Waals surface area contributed by atoms with Crippen LogP contribution in [0.5, 0.6) is 0 Å². The van der Waals surface area contributed by atoms with Crippen molar-refractivity contribution < 1.29 is 42.7 Å². The lowest BCUT2D eigenvalue weighted by molar-refractivity contribution is -0.149. The van der Waals surface area contributed by atoms with E-state index in [1.165, 1.54) is 0 Å². The summed E-state index contributed by atoms with van der Waals surface area (Å²) in [4.78, 5) is 11.2. The lowest BCUT2D eigenvalue weighted by atomic mass is 10.2. The first kappa shape index (κ1) is 27.2. The van der Waals surface area contributed by atoms with Crippen LogP contribution in [0.4, 0.5) is 0 Å². The molecule has 0 amide bonds. The second-order valence-corrected chi connectivity index (χ2v) is 5.99. The monoisotopic (exact) mass is 410 g/mol. The molecule has 0 aliphatic carbocycles. The van der Waals surface area contributed by atoms with Gasteiger partial charge in [-0.25, -0.2) is 0 Å². The Morgan fingerprint density at radius 1 is 0.536 bits per heavy atom. The van der Waals surface area contributed by atoms with Gasteiger partial charge in [-0.3, -0.25) is 4.79 Å². The molecule has 0 aromatic heterocycles. The van der Waals surface area contributed by atoms with E-state index in [0.717, 1.165) is 0 Å². The molecular weight excluding hydrogens is 372 g/mol. The van der Waals surface area contributed by atoms with Crippen molar-refractivity contribution in [3.63, 3.8) is 0 Å². The Balaban J connectivity index is 3.04. The van der Waals surface area contributed by atoms with Gasteiger partial charge in [-0.1, -0.05) is 13.8 Å². The predicted molar refractivity (Wildman–Crippen MR) is 103 cm³/mol. The number of esters is 1. The highest BCUT2D eigenvalue weighted by Crippen LogP contribution is 1.95. The Kier molecular flexibility index (Phi) is 21.8. The summed E-state index contributed by atoms with van der Waals surface area (Å²) in [6.45, 7) is 10.6. The van der Waals surface area contributed by atoms with Gasteiger partial charge in [-0.2, -0.15) is 0 Å². The van der Waals surface area contributed by atoms with Crippen LogP contribution in [0.2, 0.25) is 0 Å². The summed E-state index contributed by atoms with van der Waals surface area (Å²) in [6.07, 6.45) is 0. The molecule has 0 saturated carbocycles. The molecule has 0 radical (unpaired) electrons. The highest BCUT2D eigenvalue weighted by atomic mass is 16.6. The first-order valence-electron chi connectivity index (χ1n) is 9.80. The maximum Gasteiger partial charge on any atom is 0.308 e. The molecule has 0 atom stereocenters. The average molecular weight is 411 g/mol. The topological polar surface area (TPSA) is 90.9 Å². The zero-order valence-corrected chi connectivity index (χ0v) is 17.7. The van der Waals surface area contributed by atoms with Crippen LogP contribution in [0.15, 0.2) is 0 Å². The maximum atomic E-state index is 11.2. The quantitative estimate of drug-likeness (QED) is 0.191. The minimum Gasteiger partial charge on any atom is -0.463 e. The Bertz CT molecular complexity index is 327. The summed E-state index contributed by atoms with van der Waals surface area (Å²) in [6, 6.07) is 0. The number of ether oxygens (including phenoxy) is 8. The fourth-order valence-electron chi connectivity index (χ4n) is 1.71. The number of rotatable bonds is 22. The first-order valence-corrected chi connectivity index (χ1v) is 9.80. The second kappa shape index (κ2) is 22.5. The molecule has 0 aliphatic heterocycles. The predicted octanol–water partition coefficient (Wildman–Crippen LogP) is 0.932. The van der Waals surface area contributed by atoms with Crippen molar-refractivity contribution >= 4 is 5.97 Å². The largest absolute Gasteiger partial charge is 0.463 e. The number of methoxy groups -OCH3 is 1. The summed E-state index contributed by atoms with van der Waals surface area (Å²) < 4.78 is 41.9. The van der Waals surface area contributed by atoms with Crippen LogP contribution in [0.3, 0.4) is 0 Å². The number of carbonyl (C=O) groups is 1. The zero-order chi connectivity index (χ0) is 20.7. The second-order valence-electron chi connectivity index (χ2n) is 5.99. The van der Waals surface area contributed by atoms with Crippen molar-refractivity contribution in [2.45, 2.75) is 13.8 Å². The van der Waals surface area contributed by atoms with Crippen LogP contribution in [-0.2, 0) is 42.7 Å². The van der Waals surface area contributed by atoms with Gasteiger partial charge in [0, 0.05) is 7.11 Å². The lowest BCUT2D eigenvalue weighted by Gasteiger charge is -2.09. The third kappa shape index (κ3) is 21.5. The normalized spacial score (nSPS) is 11.3. The van der Waals surface area contributed by atoms with Crippen molar-refractivity contribution in [1.29, 1.82) is 0 Å². The third-order valence-corrected chi connectivity index (χ3v) is 3.24. The fraction of sp³-hybridized carbons (Fsp3) is 0.947. The Hall–Kier alpha value is -0.810. The summed E-state index contributed by atoms with van der Waals surface area (Å²) in [5.41, 5.74) is 0. The smallest absolute Gasteiger partial charge is 0.308 e. The van der Waals surface area contributed by atoms with Gasteiger partial charge in [-0.15, -0.1) is 0 Å². The minimum atomic E-state index is -0.211. The summed E-state index contributed by atoms with van der Waals surface area (Å²) in [7, 11) is 1.64. The van der Waals surface area contributed by atoms with Gasteiger partial charge in [0.25, 0.3) is 0 Å². The molecule has 0 saturated heterocycles. The van der Waals surface area contributed by atoms with Crippen molar-refractivity contribution in [3.05, 3.63) is 0 Å². The molecule has 0 bridgehead atoms. The summed E-state index contributed by atoms with van der Waals surface area (Å²) in [5, 5.41) is 0. The summed E-state index contributed by atoms with van der Waals surface area (Å²) >= 11 is 0. The minimum absolute atomic E-state index is 0.112. The van der Waals surface area contributed by atoms with E-state index in [9.17, 15) is 4.79 Å². The van der Waals surface area contributed by atoms with Crippen molar-refractivity contribution in [3.8, 4) is 0 Å². The van der Waals surface area contributed by atoms with E-state index in [2.05, 4.69) is 0 Å². The van der Waals surface area contributed by atoms with E-state index in [1.54, 1.807) is 21.0 Å². The molecule has 0 fully saturated rings. The molecule has 0 N–H and O–H groups in total. The van der Waals surface area contributed by atoms with E-state index in [1.807, 2.05) is 0 Å². The molecule has 9 heteroatoms. The Morgan fingerprint density at radius 2 is 0.821 bits per heavy atom. The Morgan fingerprint density at radius 3 is 1.11 bits per heavy atom. The van der Waals surface area contributed by atoms with E-state index >= 15 is 0 Å². The molecule has 0 aromatic rings. The third-order valence-electron chi connectivity index (χ3n) is 3.24. The van der Waals surface area contributed by atoms with Crippen LogP contribution in [0.1, 0.15) is 13.8 Å². The lowest BCUT2D eigenvalue weighted by Crippen LogP contribution is -2.17. The molecule has 0 heterocycles. The van der Waals surface area contributed by atoms with E-state index in [0.29, 0.717) is 85.9 Å². The average Bonchev–Trinajstić information content (AvgIpc) is 2.68. The van der Waals surface area contributed by atoms with Gasteiger partial charge in [-0.05, 0) is 0 Å². The van der Waals surface area contributed by atoms with Crippen LogP contribution in [-0.4, -0.2) is 106 Å². The standard InChI is InChI=1S/C19H38O9/c1-18(2)19(20)28-17-16-27-15-14-26-13-12-25-11-10-24-9-8-23-7-6-22-5-4-21-3/h18H,4-17H2,1-3H3. The van der Waals surface area contributed by atoms with Gasteiger partial charge in [0.1, 0.15) is 6.61 Å². The molecule has 9 nitrogen and oxygen atoms in total. The molecule has 0 rings (SSSR count). The van der Waals surface area contributed by atoms with Crippen LogP contribution < -0.4 is 0 Å². The summed E-state index contributed by atoms with van der Waals surface area (Å²) in [5.74, 6) is -0.324. The van der Waals surface area contributed by atoms with Gasteiger partial charge in [0.15, 0.2) is 0 Å². The SMILES string of the molecule is COCCOCCOCCOCCOCCOCCOCCOC(=O)C(C)C. The van der Waals surface area contributed by atoms with Gasteiger partial charge >= 0.3 is 5.97 Å². The number of hydrogen-bond acceptors (Lipinski definition) is 9. The molecule has 0 aromatic carbocycles. The van der Waals surface area contributed by atoms with Gasteiger partial charge in [0.2, 0.25) is 0 Å². The highest BCUT2D eigenvalue weighted by molar-refractivity contribution is 5.71. The molecule has 28 heavy (non-hydrogen) atoms. The highest BCUT2D eigenvalue weighted by Gasteiger charge is 2.07. The number of carbonyl (C=O) groups excluding carboxylic acids is 1. The molecule has 168 valence electrons. The zero-order valence-electron chi connectivity index (χ0n) is 17.7. The van der Waals surface area contributed by atoms with Gasteiger partial charge < -0.3 is 37.9 Å². The van der Waals surface area contributed by atoms with Crippen molar-refractivity contribution in [1.82, 2.24) is 0 Å². The number of hydrogen-bond donors (Lipinski definition) is 0. The van der Waals surface area contributed by atoms with Gasteiger partial charge in [0.05, 0.1) is 91.8 Å². The van der Waals surface area contributed by atoms with E-state index in [4.69, 9.17) is 37.9 Å². The van der Waals surface area contributed by atoms with Crippen LogP contribution >= 0.6 is 0 Å². The van der Waals surface area contributed by atoms with E-state index in [-0.39, 0.29) is 18.5 Å². The van der Waals surface area contributed by atoms with Crippen LogP contribution in [0, 0.1) is 5.92 Å². The molecular formula is C19H38O9. The maximum absolute atomic E-state index is 11.2.